The molecule has 138 valence electrons. The minimum absolute atomic E-state index is 0.376. The fraction of sp³-hybridized carbons (Fsp3) is 0.545. The molecule has 26 heavy (non-hydrogen) atoms. The van der Waals surface area contributed by atoms with Gasteiger partial charge in [0.2, 0.25) is 0 Å². The van der Waals surface area contributed by atoms with E-state index in [4.69, 9.17) is 11.6 Å². The molecule has 0 bridgehead atoms. The molecule has 0 unspecified atom stereocenters. The molecule has 1 aromatic carbocycles. The van der Waals surface area contributed by atoms with Gasteiger partial charge in [-0.3, -0.25) is 0 Å². The fourth-order valence-electron chi connectivity index (χ4n) is 4.87. The average molecular weight is 370 g/mol. The second kappa shape index (κ2) is 7.66. The highest BCUT2D eigenvalue weighted by atomic mass is 35.5. The van der Waals surface area contributed by atoms with E-state index >= 15 is 0 Å². The van der Waals surface area contributed by atoms with Crippen molar-refractivity contribution in [3.63, 3.8) is 0 Å². The predicted molar refractivity (Wildman–Crippen MR) is 106 cm³/mol. The lowest BCUT2D eigenvalue weighted by atomic mass is 9.53. The summed E-state index contributed by atoms with van der Waals surface area (Å²) >= 11 is 6.10. The Balaban J connectivity index is 1.46. The summed E-state index contributed by atoms with van der Waals surface area (Å²) in [4.78, 5) is 9.01. The molecule has 2 saturated carbocycles. The number of hydrogen-bond donors (Lipinski definition) is 1. The van der Waals surface area contributed by atoms with Crippen molar-refractivity contribution in [2.24, 2.45) is 11.8 Å². The van der Waals surface area contributed by atoms with Crippen molar-refractivity contribution in [3.8, 4) is 0 Å². The number of aromatic nitrogens is 2. The first-order valence-electron chi connectivity index (χ1n) is 9.93. The molecule has 2 aromatic rings. The summed E-state index contributed by atoms with van der Waals surface area (Å²) in [6.45, 7) is 5.10. The summed E-state index contributed by atoms with van der Waals surface area (Å²) < 4.78 is 0. The minimum atomic E-state index is 0.376. The Morgan fingerprint density at radius 1 is 1.04 bits per heavy atom. The zero-order chi connectivity index (χ0) is 18.1. The molecule has 0 saturated heterocycles. The lowest BCUT2D eigenvalue weighted by Gasteiger charge is -2.55. The van der Waals surface area contributed by atoms with E-state index in [1.54, 1.807) is 0 Å². The molecule has 2 fully saturated rings. The molecule has 0 spiro atoms. The van der Waals surface area contributed by atoms with Gasteiger partial charge in [-0.05, 0) is 42.4 Å². The molecule has 1 heterocycles. The van der Waals surface area contributed by atoms with Crippen molar-refractivity contribution in [3.05, 3.63) is 58.6 Å². The highest BCUT2D eigenvalue weighted by molar-refractivity contribution is 6.30. The van der Waals surface area contributed by atoms with E-state index in [0.29, 0.717) is 17.9 Å². The van der Waals surface area contributed by atoms with Gasteiger partial charge in [0.25, 0.3) is 0 Å². The molecule has 4 rings (SSSR count). The van der Waals surface area contributed by atoms with Gasteiger partial charge in [0.1, 0.15) is 5.82 Å². The zero-order valence-corrected chi connectivity index (χ0v) is 16.4. The van der Waals surface area contributed by atoms with E-state index in [-0.39, 0.29) is 0 Å². The lowest BCUT2D eigenvalue weighted by molar-refractivity contribution is 0.0254. The standard InChI is InChI=1S/C22H28ClN3/c1-14(2)22-25-12-15(13-26-22)11-24-21-19-6-4-3-5-18(19)20(21)16-7-9-17(23)10-8-16/h7-10,12-14,18-21,24H,3-6,11H2,1-2H3/t18-,19-,20+,21+/m0/s1. The van der Waals surface area contributed by atoms with Crippen LogP contribution in [0.5, 0.6) is 0 Å². The van der Waals surface area contributed by atoms with E-state index in [9.17, 15) is 0 Å². The van der Waals surface area contributed by atoms with Crippen LogP contribution in [0.15, 0.2) is 36.7 Å². The second-order valence-corrected chi connectivity index (χ2v) is 8.64. The summed E-state index contributed by atoms with van der Waals surface area (Å²) in [7, 11) is 0. The Labute approximate surface area is 161 Å². The lowest BCUT2D eigenvalue weighted by Crippen LogP contribution is -2.57. The van der Waals surface area contributed by atoms with Crippen molar-refractivity contribution in [2.45, 2.75) is 64.0 Å². The fourth-order valence-corrected chi connectivity index (χ4v) is 5.00. The number of halogens is 1. The van der Waals surface area contributed by atoms with Crippen LogP contribution < -0.4 is 5.32 Å². The van der Waals surface area contributed by atoms with E-state index in [0.717, 1.165) is 29.2 Å². The third-order valence-corrected chi connectivity index (χ3v) is 6.47. The Hall–Kier alpha value is -1.45. The van der Waals surface area contributed by atoms with Gasteiger partial charge in [-0.1, -0.05) is 50.4 Å². The van der Waals surface area contributed by atoms with Crippen molar-refractivity contribution < 1.29 is 0 Å². The molecule has 2 aliphatic carbocycles. The number of nitrogens with one attached hydrogen (secondary N) is 1. The number of fused-ring (bicyclic) bond motifs is 1. The molecule has 4 atom stereocenters. The maximum absolute atomic E-state index is 6.10. The topological polar surface area (TPSA) is 37.8 Å². The van der Waals surface area contributed by atoms with Crippen LogP contribution in [0.25, 0.3) is 0 Å². The Bertz CT molecular complexity index is 726. The van der Waals surface area contributed by atoms with Gasteiger partial charge in [-0.15, -0.1) is 0 Å². The summed E-state index contributed by atoms with van der Waals surface area (Å²) in [5, 5.41) is 4.65. The van der Waals surface area contributed by atoms with Gasteiger partial charge in [-0.25, -0.2) is 9.97 Å². The summed E-state index contributed by atoms with van der Waals surface area (Å²) in [6.07, 6.45) is 9.42. The molecule has 1 N–H and O–H groups in total. The van der Waals surface area contributed by atoms with Gasteiger partial charge < -0.3 is 5.32 Å². The molecular formula is C22H28ClN3. The van der Waals surface area contributed by atoms with Crippen LogP contribution in [0.3, 0.4) is 0 Å². The molecule has 0 aliphatic heterocycles. The zero-order valence-electron chi connectivity index (χ0n) is 15.7. The third kappa shape index (κ3) is 3.52. The SMILES string of the molecule is CC(C)c1ncc(CN[C@@H]2[C@H]3CCCC[C@@H]3[C@H]2c2ccc(Cl)cc2)cn1. The van der Waals surface area contributed by atoms with E-state index in [2.05, 4.69) is 41.3 Å². The van der Waals surface area contributed by atoms with Gasteiger partial charge in [0.15, 0.2) is 0 Å². The molecule has 1 aromatic heterocycles. The van der Waals surface area contributed by atoms with Crippen LogP contribution in [-0.2, 0) is 6.54 Å². The molecule has 0 amide bonds. The summed E-state index contributed by atoms with van der Waals surface area (Å²) in [5.74, 6) is 3.53. The first kappa shape index (κ1) is 17.9. The second-order valence-electron chi connectivity index (χ2n) is 8.20. The van der Waals surface area contributed by atoms with Gasteiger partial charge >= 0.3 is 0 Å². The van der Waals surface area contributed by atoms with Crippen LogP contribution in [-0.4, -0.2) is 16.0 Å². The largest absolute Gasteiger partial charge is 0.309 e. The van der Waals surface area contributed by atoms with Crippen LogP contribution >= 0.6 is 11.6 Å². The van der Waals surface area contributed by atoms with Gasteiger partial charge in [0, 0.05) is 47.4 Å². The monoisotopic (exact) mass is 369 g/mol. The van der Waals surface area contributed by atoms with Crippen molar-refractivity contribution in [1.82, 2.24) is 15.3 Å². The van der Waals surface area contributed by atoms with E-state index in [1.165, 1.54) is 36.8 Å². The number of nitrogens with zero attached hydrogens (tertiary/aromatic N) is 2. The van der Waals surface area contributed by atoms with Crippen molar-refractivity contribution in [1.29, 1.82) is 0 Å². The normalized spacial score (nSPS) is 27.8. The number of rotatable bonds is 5. The van der Waals surface area contributed by atoms with Crippen molar-refractivity contribution >= 4 is 11.6 Å². The minimum Gasteiger partial charge on any atom is -0.309 e. The third-order valence-electron chi connectivity index (χ3n) is 6.22. The van der Waals surface area contributed by atoms with Crippen LogP contribution in [0.4, 0.5) is 0 Å². The van der Waals surface area contributed by atoms with Crippen LogP contribution in [0.2, 0.25) is 5.02 Å². The Morgan fingerprint density at radius 3 is 2.35 bits per heavy atom. The van der Waals surface area contributed by atoms with Gasteiger partial charge in [0.05, 0.1) is 0 Å². The van der Waals surface area contributed by atoms with E-state index in [1.807, 2.05) is 24.5 Å². The molecule has 3 nitrogen and oxygen atoms in total. The first-order valence-corrected chi connectivity index (χ1v) is 10.3. The maximum atomic E-state index is 6.10. The Kier molecular flexibility index (Phi) is 5.28. The van der Waals surface area contributed by atoms with Crippen molar-refractivity contribution in [2.75, 3.05) is 0 Å². The summed E-state index contributed by atoms with van der Waals surface area (Å²) in [6, 6.07) is 9.04. The highest BCUT2D eigenvalue weighted by Gasteiger charge is 2.50. The Morgan fingerprint density at radius 2 is 1.69 bits per heavy atom. The van der Waals surface area contributed by atoms with Gasteiger partial charge in [-0.2, -0.15) is 0 Å². The number of hydrogen-bond acceptors (Lipinski definition) is 3. The predicted octanol–water partition coefficient (Wildman–Crippen LogP) is 5.32. The smallest absolute Gasteiger partial charge is 0.130 e. The average Bonchev–Trinajstić information content (AvgIpc) is 2.65. The van der Waals surface area contributed by atoms with Crippen LogP contribution in [0, 0.1) is 11.8 Å². The highest BCUT2D eigenvalue weighted by Crippen LogP contribution is 2.54. The molecular weight excluding hydrogens is 342 g/mol. The molecule has 2 aliphatic rings. The maximum Gasteiger partial charge on any atom is 0.130 e. The quantitative estimate of drug-likeness (QED) is 0.775. The van der Waals surface area contributed by atoms with E-state index < -0.39 is 0 Å². The molecule has 4 heteroatoms. The number of benzene rings is 1. The summed E-state index contributed by atoms with van der Waals surface area (Å²) in [5.41, 5.74) is 2.60. The molecule has 0 radical (unpaired) electrons. The van der Waals surface area contributed by atoms with Crippen LogP contribution in [0.1, 0.15) is 68.3 Å². The first-order chi connectivity index (χ1) is 12.6.